The average Bonchev–Trinajstić information content (AvgIpc) is 3.55. The molecular weight excluding hydrogens is 646 g/mol. The first-order chi connectivity index (χ1) is 19.4. The van der Waals surface area contributed by atoms with E-state index in [0.717, 1.165) is 0 Å². The van der Waals surface area contributed by atoms with Crippen molar-refractivity contribution >= 4 is 77.4 Å². The fraction of sp³-hybridized carbons (Fsp3) is 0.421. The number of fused-ring (bicyclic) bond motifs is 6. The van der Waals surface area contributed by atoms with E-state index in [4.69, 9.17) is 52.0 Å². The van der Waals surface area contributed by atoms with Crippen LogP contribution in [-0.4, -0.2) is 75.6 Å². The number of halogens is 1. The molecule has 2 aliphatic heterocycles. The van der Waals surface area contributed by atoms with Gasteiger partial charge < -0.3 is 34.1 Å². The van der Waals surface area contributed by atoms with Crippen molar-refractivity contribution < 1.29 is 37.4 Å². The van der Waals surface area contributed by atoms with E-state index < -0.39 is 50.2 Å². The summed E-state index contributed by atoms with van der Waals surface area (Å²) in [6, 6.07) is 1.58. The quantitative estimate of drug-likeness (QED) is 0.142. The first-order valence-electron chi connectivity index (χ1n) is 11.7. The Labute approximate surface area is 244 Å². The van der Waals surface area contributed by atoms with E-state index in [2.05, 4.69) is 37.2 Å². The number of nitrogen functional groups attached to an aromatic ring is 1. The maximum Gasteiger partial charge on any atom is 0.387 e. The number of H-pyrrole nitrogens is 1. The maximum absolute atomic E-state index is 13.5. The summed E-state index contributed by atoms with van der Waals surface area (Å²) in [7, 11) is 0. The van der Waals surface area contributed by atoms with E-state index in [1.807, 2.05) is 0 Å². The van der Waals surface area contributed by atoms with Crippen LogP contribution in [0.4, 0.5) is 5.95 Å². The molecule has 2 unspecified atom stereocenters. The van der Waals surface area contributed by atoms with Crippen LogP contribution in [0.5, 0.6) is 0 Å². The predicted molar refractivity (Wildman–Crippen MR) is 150 cm³/mol. The van der Waals surface area contributed by atoms with E-state index in [1.54, 1.807) is 10.6 Å². The molecular formula is C19H21ClN8O9P2S2. The van der Waals surface area contributed by atoms with Crippen molar-refractivity contribution in [2.24, 2.45) is 0 Å². The molecule has 2 aliphatic rings. The summed E-state index contributed by atoms with van der Waals surface area (Å²) in [4.78, 5) is 42.1. The Kier molecular flexibility index (Phi) is 7.76. The van der Waals surface area contributed by atoms with Crippen LogP contribution < -0.4 is 11.3 Å². The third-order valence-electron chi connectivity index (χ3n) is 6.25. The Hall–Kier alpha value is -1.99. The van der Waals surface area contributed by atoms with Crippen LogP contribution in [0.25, 0.3) is 22.3 Å². The number of aliphatic hydroxyl groups is 1. The highest BCUT2D eigenvalue weighted by Crippen LogP contribution is 2.57. The number of hydrogen-bond acceptors (Lipinski definition) is 14. The SMILES string of the molecule is Nc1nc2c(ncn2[C@@H]2O[C@@H]3COP(O)(=S)OCCn4c(nc5cc(Cl)cnc54)COP(=O)(S)O[C@@H]2[C@@H]3O)c(=O)[nH]1. The van der Waals surface area contributed by atoms with Crippen LogP contribution in [0.2, 0.25) is 5.02 Å². The molecule has 4 aromatic rings. The molecule has 0 aromatic carbocycles. The minimum absolute atomic E-state index is 0.00146. The highest BCUT2D eigenvalue weighted by molar-refractivity contribution is 8.44. The molecule has 1 saturated heterocycles. The number of nitrogens with zero attached hydrogens (tertiary/aromatic N) is 6. The number of rotatable bonds is 1. The van der Waals surface area contributed by atoms with Gasteiger partial charge in [0.1, 0.15) is 36.3 Å². The topological polar surface area (TPSA) is 224 Å². The zero-order chi connectivity index (χ0) is 29.1. The summed E-state index contributed by atoms with van der Waals surface area (Å²) in [5.41, 5.74) is 5.85. The summed E-state index contributed by atoms with van der Waals surface area (Å²) in [6.45, 7) is -8.87. The minimum atomic E-state index is -4.24. The number of nitrogens with two attached hydrogens (primary N) is 1. The van der Waals surface area contributed by atoms with Gasteiger partial charge in [0.05, 0.1) is 24.6 Å². The molecule has 17 nitrogen and oxygen atoms in total. The van der Waals surface area contributed by atoms with Gasteiger partial charge in [-0.1, -0.05) is 23.8 Å². The summed E-state index contributed by atoms with van der Waals surface area (Å²) in [6.07, 6.45) is -2.75. The first kappa shape index (κ1) is 29.1. The van der Waals surface area contributed by atoms with E-state index in [-0.39, 0.29) is 42.7 Å². The van der Waals surface area contributed by atoms with E-state index in [0.29, 0.717) is 16.2 Å². The van der Waals surface area contributed by atoms with Gasteiger partial charge in [0.25, 0.3) is 5.56 Å². The highest BCUT2D eigenvalue weighted by atomic mass is 35.5. The molecule has 0 aliphatic carbocycles. The third kappa shape index (κ3) is 5.82. The molecule has 0 spiro atoms. The fourth-order valence-electron chi connectivity index (χ4n) is 4.48. The van der Waals surface area contributed by atoms with Crippen molar-refractivity contribution in [2.45, 2.75) is 37.7 Å². The van der Waals surface area contributed by atoms with Crippen molar-refractivity contribution in [1.82, 2.24) is 34.1 Å². The van der Waals surface area contributed by atoms with E-state index in [1.165, 1.54) is 17.1 Å². The zero-order valence-corrected chi connectivity index (χ0v) is 24.8. The van der Waals surface area contributed by atoms with Gasteiger partial charge in [0.2, 0.25) is 5.95 Å². The smallest absolute Gasteiger partial charge is 0.387 e. The number of aromatic nitrogens is 7. The average molecular weight is 667 g/mol. The van der Waals surface area contributed by atoms with Gasteiger partial charge in [-0.05, 0) is 17.9 Å². The van der Waals surface area contributed by atoms with Crippen molar-refractivity contribution in [3.8, 4) is 0 Å². The molecule has 0 radical (unpaired) electrons. The molecule has 1 fully saturated rings. The number of thiol groups is 1. The lowest BCUT2D eigenvalue weighted by Crippen LogP contribution is -2.35. The van der Waals surface area contributed by atoms with Gasteiger partial charge in [0.15, 0.2) is 23.0 Å². The highest BCUT2D eigenvalue weighted by Gasteiger charge is 2.49. The number of aromatic amines is 1. The van der Waals surface area contributed by atoms with Crippen molar-refractivity contribution in [1.29, 1.82) is 0 Å². The number of aliphatic hydroxyl groups excluding tert-OH is 1. The van der Waals surface area contributed by atoms with Gasteiger partial charge >= 0.3 is 13.5 Å². The number of hydrogen-bond donors (Lipinski definition) is 5. The second-order valence-electron chi connectivity index (χ2n) is 8.92. The van der Waals surface area contributed by atoms with Crippen LogP contribution in [-0.2, 0) is 52.4 Å². The number of anilines is 1. The monoisotopic (exact) mass is 666 g/mol. The maximum atomic E-state index is 13.5. The summed E-state index contributed by atoms with van der Waals surface area (Å²) in [5.74, 6) is 0.0602. The van der Waals surface area contributed by atoms with E-state index in [9.17, 15) is 19.4 Å². The summed E-state index contributed by atoms with van der Waals surface area (Å²) in [5, 5.41) is 11.5. The van der Waals surface area contributed by atoms with Gasteiger partial charge in [-0.2, -0.15) is 4.98 Å². The molecule has 6 rings (SSSR count). The van der Waals surface area contributed by atoms with Crippen LogP contribution in [0.3, 0.4) is 0 Å². The van der Waals surface area contributed by atoms with Gasteiger partial charge in [0, 0.05) is 12.7 Å². The Bertz CT molecular complexity index is 1800. The Morgan fingerprint density at radius 2 is 2.05 bits per heavy atom. The van der Waals surface area contributed by atoms with Gasteiger partial charge in [-0.15, -0.1) is 0 Å². The lowest BCUT2D eigenvalue weighted by atomic mass is 10.1. The molecule has 4 aromatic heterocycles. The molecule has 6 atom stereocenters. The first-order valence-corrected chi connectivity index (χ1v) is 17.4. The molecule has 220 valence electrons. The van der Waals surface area contributed by atoms with Crippen LogP contribution in [0.15, 0.2) is 23.4 Å². The lowest BCUT2D eigenvalue weighted by molar-refractivity contribution is -0.0476. The molecule has 2 bridgehead atoms. The summed E-state index contributed by atoms with van der Waals surface area (Å²) >= 11 is 15.3. The number of nitrogens with one attached hydrogen (secondary N) is 1. The molecule has 5 N–H and O–H groups in total. The minimum Gasteiger partial charge on any atom is -0.387 e. The second kappa shape index (κ2) is 10.9. The van der Waals surface area contributed by atoms with Crippen molar-refractivity contribution in [3.63, 3.8) is 0 Å². The van der Waals surface area contributed by atoms with Gasteiger partial charge in [-0.3, -0.25) is 23.4 Å². The Balaban J connectivity index is 1.38. The van der Waals surface area contributed by atoms with Crippen LogP contribution >= 0.6 is 37.4 Å². The number of ether oxygens (including phenoxy) is 1. The number of imidazole rings is 2. The fourth-order valence-corrected chi connectivity index (χ4v) is 7.13. The third-order valence-corrected chi connectivity index (χ3v) is 9.67. The molecule has 0 saturated carbocycles. The largest absolute Gasteiger partial charge is 0.387 e. The second-order valence-corrected chi connectivity index (χ2v) is 15.1. The Morgan fingerprint density at radius 3 is 2.85 bits per heavy atom. The van der Waals surface area contributed by atoms with Gasteiger partial charge in [-0.25, -0.2) is 19.5 Å². The molecule has 6 heterocycles. The molecule has 0 amide bonds. The van der Waals surface area contributed by atoms with Crippen molar-refractivity contribution in [2.75, 3.05) is 18.9 Å². The van der Waals surface area contributed by atoms with Crippen LogP contribution in [0, 0.1) is 0 Å². The molecule has 22 heteroatoms. The zero-order valence-electron chi connectivity index (χ0n) is 20.5. The lowest BCUT2D eigenvalue weighted by Gasteiger charge is -2.24. The normalized spacial score (nSPS) is 31.6. The van der Waals surface area contributed by atoms with E-state index >= 15 is 0 Å². The Morgan fingerprint density at radius 1 is 1.24 bits per heavy atom. The standard InChI is InChI=1S/C19H21ClN8O9P2S2/c20-8-3-9-15(22-4-8)27-1-2-33-38(31,40)34-5-10-13(29)14(37-39(32,41)35-6-11(27)24-9)18(36-10)28-7-23-12-16(28)25-19(21)26-17(12)30/h3-4,7,10,13-14,18,29H,1-2,5-6H2,(H,31,40)(H,32,41)(H3,21,25,26,30)/t10-,13-,14-,18-,38?,39?/m1/s1. The van der Waals surface area contributed by atoms with Crippen LogP contribution in [0.1, 0.15) is 12.1 Å². The van der Waals surface area contributed by atoms with Crippen molar-refractivity contribution in [3.05, 3.63) is 39.8 Å². The predicted octanol–water partition coefficient (Wildman–Crippen LogP) is 1.26. The number of pyridine rings is 1. The molecule has 41 heavy (non-hydrogen) atoms. The summed E-state index contributed by atoms with van der Waals surface area (Å²) < 4.78 is 44.5.